The molecule has 0 radical (unpaired) electrons. The molecule has 0 bridgehead atoms. The molecular formula is C16H15Cl2NO2S. The Bertz CT molecular complexity index is 773. The zero-order chi connectivity index (χ0) is 15.9. The Balaban J connectivity index is 1.93. The van der Waals surface area contributed by atoms with E-state index in [0.717, 1.165) is 5.56 Å². The van der Waals surface area contributed by atoms with E-state index in [1.807, 2.05) is 12.1 Å². The molecule has 1 saturated carbocycles. The van der Waals surface area contributed by atoms with E-state index in [0.29, 0.717) is 16.6 Å². The van der Waals surface area contributed by atoms with E-state index in [4.69, 9.17) is 28.9 Å². The summed E-state index contributed by atoms with van der Waals surface area (Å²) in [5.74, 6) is -0.148. The first kappa shape index (κ1) is 15.8. The molecule has 3 atom stereocenters. The molecule has 2 aromatic carbocycles. The fourth-order valence-corrected chi connectivity index (χ4v) is 5.43. The summed E-state index contributed by atoms with van der Waals surface area (Å²) in [6.07, 6.45) is 0. The largest absolute Gasteiger partial charge is 0.330 e. The molecule has 0 unspecified atom stereocenters. The van der Waals surface area contributed by atoms with E-state index in [1.54, 1.807) is 36.4 Å². The molecule has 0 aromatic heterocycles. The highest BCUT2D eigenvalue weighted by atomic mass is 35.5. The summed E-state index contributed by atoms with van der Waals surface area (Å²) < 4.78 is 25.6. The van der Waals surface area contributed by atoms with Crippen molar-refractivity contribution >= 4 is 33.0 Å². The lowest BCUT2D eigenvalue weighted by Crippen LogP contribution is -2.13. The van der Waals surface area contributed by atoms with Crippen molar-refractivity contribution in [1.29, 1.82) is 0 Å². The van der Waals surface area contributed by atoms with Crippen molar-refractivity contribution in [2.24, 2.45) is 11.7 Å². The highest BCUT2D eigenvalue weighted by Crippen LogP contribution is 2.53. The maximum Gasteiger partial charge on any atom is 0.182 e. The van der Waals surface area contributed by atoms with Crippen LogP contribution < -0.4 is 5.73 Å². The quantitative estimate of drug-likeness (QED) is 0.912. The molecule has 0 amide bonds. The molecule has 1 fully saturated rings. The Hall–Kier alpha value is -1.07. The van der Waals surface area contributed by atoms with E-state index in [-0.39, 0.29) is 16.7 Å². The molecule has 0 saturated heterocycles. The molecule has 0 aliphatic heterocycles. The average Bonchev–Trinajstić information content (AvgIpc) is 3.24. The normalized spacial score (nSPS) is 24.2. The third kappa shape index (κ3) is 2.76. The second kappa shape index (κ2) is 5.85. The van der Waals surface area contributed by atoms with E-state index >= 15 is 0 Å². The fourth-order valence-electron chi connectivity index (χ4n) is 2.95. The van der Waals surface area contributed by atoms with Crippen LogP contribution in [0.4, 0.5) is 0 Å². The third-order valence-corrected chi connectivity index (χ3v) is 6.92. The van der Waals surface area contributed by atoms with Crippen molar-refractivity contribution in [3.05, 3.63) is 64.1 Å². The molecule has 0 heterocycles. The Kier molecular flexibility index (Phi) is 4.21. The smallest absolute Gasteiger partial charge is 0.182 e. The maximum absolute atomic E-state index is 12.8. The molecule has 3 nitrogen and oxygen atoms in total. The summed E-state index contributed by atoms with van der Waals surface area (Å²) in [6, 6.07) is 13.5. The van der Waals surface area contributed by atoms with E-state index in [2.05, 4.69) is 0 Å². The number of hydrogen-bond acceptors (Lipinski definition) is 3. The average molecular weight is 356 g/mol. The van der Waals surface area contributed by atoms with Gasteiger partial charge in [0.2, 0.25) is 0 Å². The van der Waals surface area contributed by atoms with Gasteiger partial charge in [0, 0.05) is 16.0 Å². The zero-order valence-corrected chi connectivity index (χ0v) is 13.9. The Labute approximate surface area is 140 Å². The third-order valence-electron chi connectivity index (χ3n) is 4.12. The van der Waals surface area contributed by atoms with Gasteiger partial charge in [-0.3, -0.25) is 0 Å². The van der Waals surface area contributed by atoms with E-state index in [1.165, 1.54) is 0 Å². The molecule has 2 N–H and O–H groups in total. The van der Waals surface area contributed by atoms with Crippen molar-refractivity contribution in [2.45, 2.75) is 16.1 Å². The molecule has 3 rings (SSSR count). The summed E-state index contributed by atoms with van der Waals surface area (Å²) in [4.78, 5) is 0.289. The van der Waals surface area contributed by atoms with Gasteiger partial charge < -0.3 is 5.73 Å². The number of rotatable bonds is 4. The minimum Gasteiger partial charge on any atom is -0.330 e. The van der Waals surface area contributed by atoms with Crippen LogP contribution >= 0.6 is 23.2 Å². The van der Waals surface area contributed by atoms with Gasteiger partial charge in [-0.05, 0) is 54.4 Å². The van der Waals surface area contributed by atoms with Gasteiger partial charge in [-0.2, -0.15) is 0 Å². The van der Waals surface area contributed by atoms with Gasteiger partial charge in [0.05, 0.1) is 10.1 Å². The monoisotopic (exact) mass is 355 g/mol. The van der Waals surface area contributed by atoms with E-state index < -0.39 is 15.1 Å². The topological polar surface area (TPSA) is 60.2 Å². The molecule has 1 aliphatic carbocycles. The first-order valence-corrected chi connectivity index (χ1v) is 9.20. The van der Waals surface area contributed by atoms with Gasteiger partial charge in [-0.25, -0.2) is 8.42 Å². The van der Waals surface area contributed by atoms with Crippen LogP contribution in [0.15, 0.2) is 53.4 Å². The zero-order valence-electron chi connectivity index (χ0n) is 11.6. The van der Waals surface area contributed by atoms with Gasteiger partial charge in [0.25, 0.3) is 0 Å². The standard InChI is InChI=1S/C16H15Cl2NO2S/c17-11-3-1-10(2-4-11)15-14(9-19)16(15)22(20,21)13-7-5-12(18)6-8-13/h1-8,14-16H,9,19H2/t14-,15-,16+/m1/s1. The molecule has 2 aromatic rings. The van der Waals surface area contributed by atoms with Crippen molar-refractivity contribution in [3.63, 3.8) is 0 Å². The van der Waals surface area contributed by atoms with Crippen LogP contribution in [0.5, 0.6) is 0 Å². The molecule has 22 heavy (non-hydrogen) atoms. The van der Waals surface area contributed by atoms with Crippen LogP contribution in [0.1, 0.15) is 11.5 Å². The minimum atomic E-state index is -3.42. The molecule has 116 valence electrons. The maximum atomic E-state index is 12.8. The summed E-state index contributed by atoms with van der Waals surface area (Å²) in [5, 5.41) is 0.657. The second-order valence-electron chi connectivity index (χ2n) is 5.44. The van der Waals surface area contributed by atoms with Gasteiger partial charge in [0.15, 0.2) is 9.84 Å². The predicted molar refractivity (Wildman–Crippen MR) is 89.2 cm³/mol. The first-order chi connectivity index (χ1) is 10.4. The summed E-state index contributed by atoms with van der Waals surface area (Å²) in [7, 11) is -3.42. The lowest BCUT2D eigenvalue weighted by atomic mass is 10.1. The van der Waals surface area contributed by atoms with Gasteiger partial charge in [-0.1, -0.05) is 35.3 Å². The van der Waals surface area contributed by atoms with Crippen LogP contribution in [-0.4, -0.2) is 20.2 Å². The van der Waals surface area contributed by atoms with Crippen molar-refractivity contribution in [1.82, 2.24) is 0 Å². The lowest BCUT2D eigenvalue weighted by Gasteiger charge is -2.04. The van der Waals surface area contributed by atoms with Crippen LogP contribution in [0.3, 0.4) is 0 Å². The Morgan fingerprint density at radius 3 is 1.91 bits per heavy atom. The summed E-state index contributed by atoms with van der Waals surface area (Å²) in [5.41, 5.74) is 6.73. The number of hydrogen-bond donors (Lipinski definition) is 1. The van der Waals surface area contributed by atoms with Crippen molar-refractivity contribution in [3.8, 4) is 0 Å². The number of halogens is 2. The second-order valence-corrected chi connectivity index (χ2v) is 8.42. The van der Waals surface area contributed by atoms with Crippen LogP contribution in [0.25, 0.3) is 0 Å². The van der Waals surface area contributed by atoms with E-state index in [9.17, 15) is 8.42 Å². The van der Waals surface area contributed by atoms with Crippen LogP contribution in [-0.2, 0) is 9.84 Å². The first-order valence-electron chi connectivity index (χ1n) is 6.90. The summed E-state index contributed by atoms with van der Waals surface area (Å²) in [6.45, 7) is 0.338. The Morgan fingerprint density at radius 1 is 0.909 bits per heavy atom. The number of nitrogens with two attached hydrogens (primary N) is 1. The molecule has 6 heteroatoms. The number of benzene rings is 2. The van der Waals surface area contributed by atoms with Gasteiger partial charge in [0.1, 0.15) is 0 Å². The van der Waals surface area contributed by atoms with Gasteiger partial charge in [-0.15, -0.1) is 0 Å². The van der Waals surface area contributed by atoms with Crippen LogP contribution in [0, 0.1) is 5.92 Å². The predicted octanol–water partition coefficient (Wildman–Crippen LogP) is 3.51. The van der Waals surface area contributed by atoms with Gasteiger partial charge >= 0.3 is 0 Å². The fraction of sp³-hybridized carbons (Fsp3) is 0.250. The Morgan fingerprint density at radius 2 is 1.41 bits per heavy atom. The molecule has 1 aliphatic rings. The summed E-state index contributed by atoms with van der Waals surface area (Å²) >= 11 is 11.7. The highest BCUT2D eigenvalue weighted by molar-refractivity contribution is 7.92. The molecule has 0 spiro atoms. The molecular weight excluding hydrogens is 341 g/mol. The minimum absolute atomic E-state index is 0.0677. The van der Waals surface area contributed by atoms with Crippen molar-refractivity contribution in [2.75, 3.05) is 6.54 Å². The highest BCUT2D eigenvalue weighted by Gasteiger charge is 2.57. The lowest BCUT2D eigenvalue weighted by molar-refractivity contribution is 0.591. The SMILES string of the molecule is NC[C@@H]1[C@@H](c2ccc(Cl)cc2)[C@H]1S(=O)(=O)c1ccc(Cl)cc1. The number of sulfone groups is 1. The van der Waals surface area contributed by atoms with Crippen molar-refractivity contribution < 1.29 is 8.42 Å². The van der Waals surface area contributed by atoms with Crippen LogP contribution in [0.2, 0.25) is 10.0 Å².